The van der Waals surface area contributed by atoms with Crippen molar-refractivity contribution in [2.24, 2.45) is 11.7 Å². The van der Waals surface area contributed by atoms with Crippen LogP contribution in [0.5, 0.6) is 0 Å². The minimum absolute atomic E-state index is 0.141. The summed E-state index contributed by atoms with van der Waals surface area (Å²) in [4.78, 5) is 37.0. The molecule has 3 amide bonds. The number of benzene rings is 2. The smallest absolute Gasteiger partial charge is 0.247 e. The fourth-order valence-electron chi connectivity index (χ4n) is 4.10. The predicted octanol–water partition coefficient (Wildman–Crippen LogP) is 2.98. The molecule has 2 atom stereocenters. The minimum Gasteiger partial charge on any atom is -0.369 e. The van der Waals surface area contributed by atoms with Crippen molar-refractivity contribution in [1.29, 1.82) is 0 Å². The lowest BCUT2D eigenvalue weighted by Gasteiger charge is -2.30. The molecule has 1 unspecified atom stereocenters. The summed E-state index contributed by atoms with van der Waals surface area (Å²) in [5.74, 6) is -1.30. The molecular weight excluding hydrogens is 402 g/mol. The fourth-order valence-corrected chi connectivity index (χ4v) is 4.10. The number of nitrogens with one attached hydrogen (secondary N) is 2. The topological polar surface area (TPSA) is 101 Å². The quantitative estimate of drug-likeness (QED) is 0.530. The zero-order valence-electron chi connectivity index (χ0n) is 18.3. The molecule has 32 heavy (non-hydrogen) atoms. The first-order valence-electron chi connectivity index (χ1n) is 11.2. The molecule has 0 spiro atoms. The van der Waals surface area contributed by atoms with Gasteiger partial charge in [0.05, 0.1) is 12.5 Å². The third kappa shape index (κ3) is 7.08. The van der Waals surface area contributed by atoms with Gasteiger partial charge in [-0.2, -0.15) is 0 Å². The molecule has 0 radical (unpaired) electrons. The number of rotatable bonds is 9. The minimum atomic E-state index is -0.381. The summed E-state index contributed by atoms with van der Waals surface area (Å²) in [6.45, 7) is -0.141. The summed E-state index contributed by atoms with van der Waals surface area (Å²) >= 11 is 0. The zero-order chi connectivity index (χ0) is 22.8. The second-order valence-corrected chi connectivity index (χ2v) is 8.22. The third-order valence-electron chi connectivity index (χ3n) is 5.85. The summed E-state index contributed by atoms with van der Waals surface area (Å²) in [7, 11) is 0. The molecule has 0 bridgehead atoms. The summed E-state index contributed by atoms with van der Waals surface area (Å²) in [5, 5.41) is 5.62. The molecule has 1 fully saturated rings. The number of carbonyl (C=O) groups excluding carboxylic acids is 3. The molecular formula is C26H31N3O3. The summed E-state index contributed by atoms with van der Waals surface area (Å²) in [6, 6.07) is 19.4. The first kappa shape index (κ1) is 23.3. The van der Waals surface area contributed by atoms with E-state index < -0.39 is 0 Å². The highest BCUT2D eigenvalue weighted by Crippen LogP contribution is 2.24. The second kappa shape index (κ2) is 11.8. The van der Waals surface area contributed by atoms with Gasteiger partial charge in [0, 0.05) is 11.6 Å². The predicted molar refractivity (Wildman–Crippen MR) is 125 cm³/mol. The Morgan fingerprint density at radius 2 is 1.59 bits per heavy atom. The number of nitrogens with two attached hydrogens (primary N) is 1. The Kier molecular flexibility index (Phi) is 8.61. The number of hydrogen-bond donors (Lipinski definition) is 3. The molecule has 6 nitrogen and oxygen atoms in total. The molecule has 3 rings (SSSR count). The number of amides is 3. The summed E-state index contributed by atoms with van der Waals surface area (Å²) in [6.07, 6.45) is 6.44. The van der Waals surface area contributed by atoms with Crippen LogP contribution in [0.3, 0.4) is 0 Å². The molecule has 4 N–H and O–H groups in total. The van der Waals surface area contributed by atoms with E-state index in [1.807, 2.05) is 66.7 Å². The lowest BCUT2D eigenvalue weighted by molar-refractivity contribution is -0.127. The van der Waals surface area contributed by atoms with Gasteiger partial charge in [-0.25, -0.2) is 0 Å². The standard InChI is InChI=1S/C26H31N3O3/c27-25(31)22-13-7-8-14-23(22)29-24(30)18-28-26(32)21(17-20-11-5-2-6-12-20)16-15-19-9-3-1-4-10-19/h1-6,9-12,17,22-23H,7-8,13-16,18H2,(H2,27,31)(H,28,32)(H,29,30)/t22?,23-/m1/s1. The van der Waals surface area contributed by atoms with Crippen molar-refractivity contribution in [3.05, 3.63) is 77.4 Å². The van der Waals surface area contributed by atoms with Crippen molar-refractivity contribution in [2.45, 2.75) is 44.6 Å². The van der Waals surface area contributed by atoms with Gasteiger partial charge in [0.15, 0.2) is 0 Å². The first-order chi connectivity index (χ1) is 15.5. The van der Waals surface area contributed by atoms with E-state index in [-0.39, 0.29) is 36.2 Å². The average molecular weight is 434 g/mol. The molecule has 1 saturated carbocycles. The van der Waals surface area contributed by atoms with Gasteiger partial charge in [-0.05, 0) is 42.9 Å². The summed E-state index contributed by atoms with van der Waals surface area (Å²) in [5.41, 5.74) is 8.17. The van der Waals surface area contributed by atoms with Crippen LogP contribution in [0.2, 0.25) is 0 Å². The number of primary amides is 1. The molecule has 0 aliphatic heterocycles. The van der Waals surface area contributed by atoms with Crippen LogP contribution in [0, 0.1) is 5.92 Å². The zero-order valence-corrected chi connectivity index (χ0v) is 18.3. The van der Waals surface area contributed by atoms with Crippen LogP contribution in [0.25, 0.3) is 6.08 Å². The molecule has 1 aliphatic carbocycles. The van der Waals surface area contributed by atoms with Gasteiger partial charge < -0.3 is 16.4 Å². The highest BCUT2D eigenvalue weighted by atomic mass is 16.2. The van der Waals surface area contributed by atoms with Gasteiger partial charge in [-0.1, -0.05) is 73.5 Å². The largest absolute Gasteiger partial charge is 0.369 e. The molecule has 2 aromatic carbocycles. The second-order valence-electron chi connectivity index (χ2n) is 8.22. The maximum atomic E-state index is 12.9. The number of carbonyl (C=O) groups is 3. The van der Waals surface area contributed by atoms with Gasteiger partial charge in [-0.3, -0.25) is 14.4 Å². The maximum Gasteiger partial charge on any atom is 0.247 e. The molecule has 168 valence electrons. The van der Waals surface area contributed by atoms with Gasteiger partial charge >= 0.3 is 0 Å². The van der Waals surface area contributed by atoms with Gasteiger partial charge in [-0.15, -0.1) is 0 Å². The van der Waals surface area contributed by atoms with Crippen molar-refractivity contribution in [1.82, 2.24) is 10.6 Å². The number of aryl methyl sites for hydroxylation is 1. The third-order valence-corrected chi connectivity index (χ3v) is 5.85. The Balaban J connectivity index is 1.60. The highest BCUT2D eigenvalue weighted by Gasteiger charge is 2.30. The van der Waals surface area contributed by atoms with Crippen molar-refractivity contribution < 1.29 is 14.4 Å². The van der Waals surface area contributed by atoms with Gasteiger partial charge in [0.25, 0.3) is 0 Å². The molecule has 0 heterocycles. The van der Waals surface area contributed by atoms with E-state index in [1.165, 1.54) is 0 Å². The van der Waals surface area contributed by atoms with Crippen LogP contribution < -0.4 is 16.4 Å². The van der Waals surface area contributed by atoms with Crippen LogP contribution >= 0.6 is 0 Å². The SMILES string of the molecule is NC(=O)C1CCCC[C@H]1NC(=O)CNC(=O)C(=Cc1ccccc1)CCc1ccccc1. The Hall–Kier alpha value is -3.41. The fraction of sp³-hybridized carbons (Fsp3) is 0.346. The van der Waals surface area contributed by atoms with Crippen LogP contribution in [-0.2, 0) is 20.8 Å². The Morgan fingerprint density at radius 1 is 0.938 bits per heavy atom. The monoisotopic (exact) mass is 433 g/mol. The number of hydrogen-bond acceptors (Lipinski definition) is 3. The average Bonchev–Trinajstić information content (AvgIpc) is 2.81. The van der Waals surface area contributed by atoms with E-state index in [9.17, 15) is 14.4 Å². The van der Waals surface area contributed by atoms with Crippen molar-refractivity contribution >= 4 is 23.8 Å². The van der Waals surface area contributed by atoms with Gasteiger partial charge in [0.1, 0.15) is 0 Å². The maximum absolute atomic E-state index is 12.9. The molecule has 1 aliphatic rings. The van der Waals surface area contributed by atoms with Crippen molar-refractivity contribution in [3.63, 3.8) is 0 Å². The van der Waals surface area contributed by atoms with E-state index >= 15 is 0 Å². The van der Waals surface area contributed by atoms with Crippen molar-refractivity contribution in [3.8, 4) is 0 Å². The van der Waals surface area contributed by atoms with Crippen LogP contribution in [0.15, 0.2) is 66.2 Å². The normalized spacial score (nSPS) is 18.6. The van der Waals surface area contributed by atoms with Crippen LogP contribution in [0.4, 0.5) is 0 Å². The highest BCUT2D eigenvalue weighted by molar-refractivity contribution is 5.99. The molecule has 0 aromatic heterocycles. The van der Waals surface area contributed by atoms with Gasteiger partial charge in [0.2, 0.25) is 17.7 Å². The Bertz CT molecular complexity index is 941. The molecule has 2 aromatic rings. The first-order valence-corrected chi connectivity index (χ1v) is 11.2. The molecule has 0 saturated heterocycles. The van der Waals surface area contributed by atoms with E-state index in [2.05, 4.69) is 10.6 Å². The molecule has 6 heteroatoms. The van der Waals surface area contributed by atoms with E-state index in [0.717, 1.165) is 36.8 Å². The Labute approximate surface area is 189 Å². The lowest BCUT2D eigenvalue weighted by atomic mass is 9.84. The summed E-state index contributed by atoms with van der Waals surface area (Å²) < 4.78 is 0. The van der Waals surface area contributed by atoms with E-state index in [4.69, 9.17) is 5.73 Å². The van der Waals surface area contributed by atoms with E-state index in [1.54, 1.807) is 0 Å². The van der Waals surface area contributed by atoms with E-state index in [0.29, 0.717) is 18.4 Å². The lowest BCUT2D eigenvalue weighted by Crippen LogP contribution is -2.49. The van der Waals surface area contributed by atoms with Crippen LogP contribution in [-0.4, -0.2) is 30.3 Å². The van der Waals surface area contributed by atoms with Crippen LogP contribution in [0.1, 0.15) is 43.2 Å². The van der Waals surface area contributed by atoms with Crippen molar-refractivity contribution in [2.75, 3.05) is 6.54 Å². The Morgan fingerprint density at radius 3 is 2.28 bits per heavy atom.